The average Bonchev–Trinajstić information content (AvgIpc) is 3.01. The van der Waals surface area contributed by atoms with Crippen molar-refractivity contribution in [2.75, 3.05) is 58.9 Å². The van der Waals surface area contributed by atoms with E-state index in [1.807, 2.05) is 0 Å². The number of piperazine rings is 1. The van der Waals surface area contributed by atoms with Gasteiger partial charge in [-0.25, -0.2) is 0 Å². The Hall–Kier alpha value is -1.36. The number of nitrogens with zero attached hydrogens (tertiary/aromatic N) is 2. The lowest BCUT2D eigenvalue weighted by Gasteiger charge is -2.39. The minimum atomic E-state index is -1.24. The van der Waals surface area contributed by atoms with Crippen LogP contribution in [0.5, 0.6) is 0 Å². The molecule has 0 aromatic carbocycles. The summed E-state index contributed by atoms with van der Waals surface area (Å²) in [6.07, 6.45) is 16.8. The molecule has 0 amide bonds. The first-order valence-electron chi connectivity index (χ1n) is 16.8. The first-order chi connectivity index (χ1) is 20.4. The van der Waals surface area contributed by atoms with Crippen LogP contribution in [-0.4, -0.2) is 109 Å². The van der Waals surface area contributed by atoms with E-state index in [1.54, 1.807) is 0 Å². The van der Waals surface area contributed by atoms with Crippen LogP contribution in [0.4, 0.5) is 0 Å². The fourth-order valence-corrected chi connectivity index (χ4v) is 7.94. The lowest BCUT2D eigenvalue weighted by atomic mass is 9.74. The number of allylic oxidation sites excluding steroid dienone is 5. The van der Waals surface area contributed by atoms with Crippen LogP contribution in [0.15, 0.2) is 47.6 Å². The van der Waals surface area contributed by atoms with Crippen LogP contribution < -0.4 is 16.0 Å². The molecule has 3 aliphatic heterocycles. The van der Waals surface area contributed by atoms with Crippen LogP contribution in [0.2, 0.25) is 0 Å². The molecule has 0 aromatic heterocycles. The maximum atomic E-state index is 11.4. The van der Waals surface area contributed by atoms with Gasteiger partial charge in [-0.05, 0) is 112 Å². The highest BCUT2D eigenvalue weighted by molar-refractivity contribution is 5.39. The number of aliphatic hydroxyl groups excluding tert-OH is 2. The number of β-amino-alcohol motifs (C(OH)–C–C–N with tert-alkyl or cyclic N) is 2. The topological polar surface area (TPSA) is 103 Å². The lowest BCUT2D eigenvalue weighted by molar-refractivity contribution is -0.0678. The Labute approximate surface area is 254 Å². The molecule has 0 spiro atoms. The summed E-state index contributed by atoms with van der Waals surface area (Å²) in [5.74, 6) is 1.90. The first-order valence-corrected chi connectivity index (χ1v) is 16.8. The molecule has 3 saturated heterocycles. The summed E-state index contributed by atoms with van der Waals surface area (Å²) in [7, 11) is 0. The molecule has 3 heterocycles. The van der Waals surface area contributed by atoms with Crippen LogP contribution in [-0.2, 0) is 0 Å². The largest absolute Gasteiger partial charge is 0.388 e. The summed E-state index contributed by atoms with van der Waals surface area (Å²) in [5, 5.41) is 40.9. The molecule has 5 rings (SSSR count). The van der Waals surface area contributed by atoms with E-state index in [1.165, 1.54) is 30.4 Å². The highest BCUT2D eigenvalue weighted by Gasteiger charge is 2.32. The Balaban J connectivity index is 1.05. The average molecular weight is 584 g/mol. The van der Waals surface area contributed by atoms with E-state index in [9.17, 15) is 15.3 Å². The zero-order valence-corrected chi connectivity index (χ0v) is 25.9. The Kier molecular flexibility index (Phi) is 11.9. The van der Waals surface area contributed by atoms with Gasteiger partial charge in [-0.3, -0.25) is 15.5 Å². The third kappa shape index (κ3) is 8.85. The number of hydrogen-bond donors (Lipinski definition) is 6. The van der Waals surface area contributed by atoms with E-state index in [0.717, 1.165) is 96.0 Å². The predicted molar refractivity (Wildman–Crippen MR) is 170 cm³/mol. The van der Waals surface area contributed by atoms with Crippen molar-refractivity contribution < 1.29 is 15.3 Å². The Morgan fingerprint density at radius 2 is 1.79 bits per heavy atom. The summed E-state index contributed by atoms with van der Waals surface area (Å²) in [6.45, 7) is 15.2. The number of piperidine rings is 1. The Bertz CT molecular complexity index is 958. The van der Waals surface area contributed by atoms with Gasteiger partial charge in [0.1, 0.15) is 0 Å². The van der Waals surface area contributed by atoms with Gasteiger partial charge in [-0.1, -0.05) is 30.9 Å². The quantitative estimate of drug-likeness (QED) is 0.172. The summed E-state index contributed by atoms with van der Waals surface area (Å²) >= 11 is 0. The molecule has 4 fully saturated rings. The third-order valence-corrected chi connectivity index (χ3v) is 10.7. The number of nitrogens with one attached hydrogen (secondary N) is 3. The zero-order chi connectivity index (χ0) is 29.5. The molecule has 1 saturated carbocycles. The molecule has 8 nitrogen and oxygen atoms in total. The van der Waals surface area contributed by atoms with Crippen LogP contribution in [0.3, 0.4) is 0 Å². The second kappa shape index (κ2) is 15.6. The van der Waals surface area contributed by atoms with Crippen molar-refractivity contribution in [1.29, 1.82) is 0 Å². The van der Waals surface area contributed by atoms with Crippen LogP contribution in [0, 0.1) is 23.7 Å². The van der Waals surface area contributed by atoms with E-state index in [4.69, 9.17) is 0 Å². The van der Waals surface area contributed by atoms with Gasteiger partial charge in [-0.15, -0.1) is 0 Å². The van der Waals surface area contributed by atoms with Crippen molar-refractivity contribution in [3.05, 3.63) is 47.6 Å². The van der Waals surface area contributed by atoms with Crippen molar-refractivity contribution in [2.45, 2.75) is 82.9 Å². The van der Waals surface area contributed by atoms with Crippen LogP contribution in [0.1, 0.15) is 58.3 Å². The van der Waals surface area contributed by atoms with E-state index in [-0.39, 0.29) is 12.1 Å². The second-order valence-corrected chi connectivity index (χ2v) is 13.7. The third-order valence-electron chi connectivity index (χ3n) is 10.7. The molecule has 5 aliphatic rings. The van der Waals surface area contributed by atoms with Crippen molar-refractivity contribution in [1.82, 2.24) is 25.8 Å². The maximum absolute atomic E-state index is 11.4. The minimum Gasteiger partial charge on any atom is -0.388 e. The van der Waals surface area contributed by atoms with E-state index in [2.05, 4.69) is 63.6 Å². The molecule has 42 heavy (non-hydrogen) atoms. The molecular formula is C34H57N5O3. The molecule has 5 atom stereocenters. The van der Waals surface area contributed by atoms with Gasteiger partial charge in [0.25, 0.3) is 0 Å². The van der Waals surface area contributed by atoms with Crippen molar-refractivity contribution in [2.24, 2.45) is 23.7 Å². The highest BCUT2D eigenvalue weighted by Crippen LogP contribution is 2.38. The minimum absolute atomic E-state index is 0.183. The van der Waals surface area contributed by atoms with Crippen molar-refractivity contribution >= 4 is 0 Å². The van der Waals surface area contributed by atoms with Crippen LogP contribution >= 0.6 is 0 Å². The standard InChI is InChI=1S/C34H57N5O3/c1-24-5-8-29(20-28(24)11-12-32-36-15-13-31(37-32)30-4-3-14-35-21-30)25(2)34(42)27-9-6-26(7-10-27)22-38-16-18-39(19-17-38)23-33(40)41/h5,8,11-12,26-27,29-37,40-42H,2-4,6-7,9-10,13-23H2,1H3/b12-11+/t26?,27?,29?,30-,31?,32?,34?/m0/s1. The maximum Gasteiger partial charge on any atom is 0.164 e. The monoisotopic (exact) mass is 583 g/mol. The molecule has 8 heteroatoms. The van der Waals surface area contributed by atoms with Crippen LogP contribution in [0.25, 0.3) is 0 Å². The smallest absolute Gasteiger partial charge is 0.164 e. The number of aliphatic hydroxyl groups is 3. The molecule has 4 unspecified atom stereocenters. The molecule has 236 valence electrons. The normalized spacial score (nSPS) is 34.8. The Morgan fingerprint density at radius 3 is 2.50 bits per heavy atom. The highest BCUT2D eigenvalue weighted by atomic mass is 16.5. The number of rotatable bonds is 10. The molecule has 0 aromatic rings. The second-order valence-electron chi connectivity index (χ2n) is 13.7. The van der Waals surface area contributed by atoms with Gasteiger partial charge in [0, 0.05) is 51.2 Å². The Morgan fingerprint density at radius 1 is 1.02 bits per heavy atom. The van der Waals surface area contributed by atoms with Gasteiger partial charge in [-0.2, -0.15) is 0 Å². The van der Waals surface area contributed by atoms with Gasteiger partial charge >= 0.3 is 0 Å². The van der Waals surface area contributed by atoms with Gasteiger partial charge in [0.2, 0.25) is 0 Å². The summed E-state index contributed by atoms with van der Waals surface area (Å²) in [4.78, 5) is 4.66. The van der Waals surface area contributed by atoms with Crippen molar-refractivity contribution in [3.63, 3.8) is 0 Å². The van der Waals surface area contributed by atoms with Crippen molar-refractivity contribution in [3.8, 4) is 0 Å². The SMILES string of the molecule is C=C(C1C=CC(C)=C(/C=C/C2NCCC([C@H]3CCCNC3)N2)C1)C(O)C1CCC(CN2CCN(CC(O)O)CC2)CC1. The summed E-state index contributed by atoms with van der Waals surface area (Å²) in [5.41, 5.74) is 3.63. The molecular weight excluding hydrogens is 526 g/mol. The van der Waals surface area contributed by atoms with E-state index >= 15 is 0 Å². The molecule has 6 N–H and O–H groups in total. The molecule has 2 aliphatic carbocycles. The van der Waals surface area contributed by atoms with Gasteiger partial charge in [0.05, 0.1) is 12.3 Å². The fourth-order valence-electron chi connectivity index (χ4n) is 7.94. The van der Waals surface area contributed by atoms with Gasteiger partial charge < -0.3 is 25.5 Å². The van der Waals surface area contributed by atoms with E-state index in [0.29, 0.717) is 24.4 Å². The van der Waals surface area contributed by atoms with Gasteiger partial charge in [0.15, 0.2) is 6.29 Å². The molecule has 0 bridgehead atoms. The summed E-state index contributed by atoms with van der Waals surface area (Å²) < 4.78 is 0. The predicted octanol–water partition coefficient (Wildman–Crippen LogP) is 2.36. The zero-order valence-electron chi connectivity index (χ0n) is 25.9. The summed E-state index contributed by atoms with van der Waals surface area (Å²) in [6, 6.07) is 0.574. The molecule has 0 radical (unpaired) electrons. The fraction of sp³-hybridized carbons (Fsp3) is 0.765. The first kappa shape index (κ1) is 32.0. The lowest BCUT2D eigenvalue weighted by Crippen LogP contribution is -2.57. The number of hydrogen-bond acceptors (Lipinski definition) is 8. The van der Waals surface area contributed by atoms with E-state index < -0.39 is 12.4 Å².